The van der Waals surface area contributed by atoms with Crippen molar-refractivity contribution in [3.8, 4) is 5.75 Å². The van der Waals surface area contributed by atoms with Crippen LogP contribution >= 0.6 is 0 Å². The van der Waals surface area contributed by atoms with Crippen molar-refractivity contribution in [2.75, 3.05) is 38.0 Å². The number of likely N-dealkylation sites (tertiary alicyclic amines) is 1. The molecule has 0 unspecified atom stereocenters. The standard InChI is InChI=1S/C31H41N7O5/c1-19-27(43-18-33-19)17-42-25-7-6-22-13-37(9-8-21(22)10-25)16-24(40)12-32-29(41)26-11-28(36-30(35-26)31(3,4)5)34-23-14-38(15-23)20(2)39/h6-7,10-11,18,23-24,40H,8-9,12-17H2,1-5H3,(H,32,41)(H,34,35,36)/t24-/m0/s1. The minimum absolute atomic E-state index is 0.0393. The fraction of sp³-hybridized carbons (Fsp3) is 0.516. The second-order valence-electron chi connectivity index (χ2n) is 12.4. The molecule has 1 atom stereocenters. The van der Waals surface area contributed by atoms with Crippen LogP contribution in [0.1, 0.15) is 66.6 Å². The van der Waals surface area contributed by atoms with Crippen LogP contribution in [-0.2, 0) is 29.8 Å². The van der Waals surface area contributed by atoms with E-state index in [4.69, 9.17) is 9.15 Å². The van der Waals surface area contributed by atoms with Crippen molar-refractivity contribution in [3.05, 3.63) is 64.8 Å². The number of benzene rings is 1. The minimum Gasteiger partial charge on any atom is -0.486 e. The molecule has 0 radical (unpaired) electrons. The van der Waals surface area contributed by atoms with Crippen LogP contribution in [-0.4, -0.2) is 86.5 Å². The predicted octanol–water partition coefficient (Wildman–Crippen LogP) is 2.44. The molecule has 0 saturated carbocycles. The van der Waals surface area contributed by atoms with Crippen LogP contribution in [0.4, 0.5) is 5.82 Å². The number of β-amino-alcohol motifs (C(OH)–C–C–N with tert-alkyl or cyclic N) is 1. The number of anilines is 1. The van der Waals surface area contributed by atoms with Gasteiger partial charge in [-0.3, -0.25) is 14.5 Å². The molecular weight excluding hydrogens is 550 g/mol. The van der Waals surface area contributed by atoms with Gasteiger partial charge in [-0.25, -0.2) is 15.0 Å². The molecule has 0 spiro atoms. The number of oxazole rings is 1. The molecule has 0 aliphatic carbocycles. The zero-order valence-corrected chi connectivity index (χ0v) is 25.5. The number of hydrogen-bond donors (Lipinski definition) is 3. The van der Waals surface area contributed by atoms with Gasteiger partial charge in [-0.1, -0.05) is 26.8 Å². The molecule has 43 heavy (non-hydrogen) atoms. The summed E-state index contributed by atoms with van der Waals surface area (Å²) in [6.07, 6.45) is 1.52. The maximum absolute atomic E-state index is 13.1. The molecule has 2 aliphatic rings. The van der Waals surface area contributed by atoms with Gasteiger partial charge in [0.1, 0.15) is 29.7 Å². The summed E-state index contributed by atoms with van der Waals surface area (Å²) < 4.78 is 11.2. The van der Waals surface area contributed by atoms with E-state index in [1.165, 1.54) is 17.5 Å². The number of fused-ring (bicyclic) bond motifs is 1. The third kappa shape index (κ3) is 7.68. The lowest BCUT2D eigenvalue weighted by Crippen LogP contribution is -2.56. The van der Waals surface area contributed by atoms with Crippen molar-refractivity contribution >= 4 is 17.6 Å². The van der Waals surface area contributed by atoms with Gasteiger partial charge in [0.05, 0.1) is 17.8 Å². The summed E-state index contributed by atoms with van der Waals surface area (Å²) in [5, 5.41) is 16.9. The summed E-state index contributed by atoms with van der Waals surface area (Å²) in [5.74, 6) is 2.26. The molecule has 4 heterocycles. The zero-order valence-electron chi connectivity index (χ0n) is 25.5. The number of carbonyl (C=O) groups excluding carboxylic acids is 2. The van der Waals surface area contributed by atoms with Crippen molar-refractivity contribution < 1.29 is 23.8 Å². The highest BCUT2D eigenvalue weighted by Crippen LogP contribution is 2.25. The smallest absolute Gasteiger partial charge is 0.270 e. The van der Waals surface area contributed by atoms with E-state index < -0.39 is 6.10 Å². The number of nitrogens with one attached hydrogen (secondary N) is 2. The molecule has 2 aliphatic heterocycles. The predicted molar refractivity (Wildman–Crippen MR) is 160 cm³/mol. The van der Waals surface area contributed by atoms with Crippen LogP contribution in [0.15, 0.2) is 35.1 Å². The molecule has 1 saturated heterocycles. The Kier molecular flexibility index (Phi) is 8.97. The van der Waals surface area contributed by atoms with Crippen molar-refractivity contribution in [2.45, 2.75) is 71.8 Å². The average molecular weight is 592 g/mol. The van der Waals surface area contributed by atoms with Gasteiger partial charge < -0.3 is 29.8 Å². The van der Waals surface area contributed by atoms with Crippen molar-refractivity contribution in [1.29, 1.82) is 0 Å². The van der Waals surface area contributed by atoms with Gasteiger partial charge in [0.25, 0.3) is 5.91 Å². The quantitative estimate of drug-likeness (QED) is 0.321. The van der Waals surface area contributed by atoms with Gasteiger partial charge in [0.2, 0.25) is 5.91 Å². The number of hydrogen-bond acceptors (Lipinski definition) is 10. The highest BCUT2D eigenvalue weighted by molar-refractivity contribution is 5.93. The van der Waals surface area contributed by atoms with Crippen LogP contribution in [0.25, 0.3) is 0 Å². The Bertz CT molecular complexity index is 1460. The monoisotopic (exact) mass is 591 g/mol. The maximum atomic E-state index is 13.1. The SMILES string of the molecule is CC(=O)N1CC(Nc2cc(C(=O)NC[C@H](O)CN3CCc4cc(OCc5ocnc5C)ccc4C3)nc(C(C)(C)C)n2)C1. The summed E-state index contributed by atoms with van der Waals surface area (Å²) in [5.41, 5.74) is 3.11. The third-order valence-electron chi connectivity index (χ3n) is 7.76. The number of aromatic nitrogens is 3. The number of aliphatic hydroxyl groups excluding tert-OH is 1. The molecule has 1 fully saturated rings. The number of aryl methyl sites for hydroxylation is 1. The molecule has 2 amide bonds. The van der Waals surface area contributed by atoms with Crippen LogP contribution in [0.2, 0.25) is 0 Å². The topological polar surface area (TPSA) is 146 Å². The van der Waals surface area contributed by atoms with Crippen LogP contribution in [0, 0.1) is 6.92 Å². The van der Waals surface area contributed by atoms with E-state index in [0.29, 0.717) is 50.2 Å². The molecule has 0 bridgehead atoms. The Balaban J connectivity index is 1.13. The second kappa shape index (κ2) is 12.7. The van der Waals surface area contributed by atoms with Gasteiger partial charge in [0.15, 0.2) is 12.2 Å². The summed E-state index contributed by atoms with van der Waals surface area (Å²) in [7, 11) is 0. The highest BCUT2D eigenvalue weighted by Gasteiger charge is 2.30. The largest absolute Gasteiger partial charge is 0.486 e. The fourth-order valence-corrected chi connectivity index (χ4v) is 5.12. The third-order valence-corrected chi connectivity index (χ3v) is 7.76. The summed E-state index contributed by atoms with van der Waals surface area (Å²) in [6, 6.07) is 7.77. The average Bonchev–Trinajstić information content (AvgIpc) is 3.35. The summed E-state index contributed by atoms with van der Waals surface area (Å²) in [6.45, 7) is 13.0. The normalized spacial score (nSPS) is 16.3. The molecule has 5 rings (SSSR count). The van der Waals surface area contributed by atoms with Crippen LogP contribution in [0.3, 0.4) is 0 Å². The van der Waals surface area contributed by atoms with Gasteiger partial charge in [0, 0.05) is 57.7 Å². The van der Waals surface area contributed by atoms with E-state index >= 15 is 0 Å². The van der Waals surface area contributed by atoms with Gasteiger partial charge in [-0.2, -0.15) is 0 Å². The van der Waals surface area contributed by atoms with E-state index in [2.05, 4.69) is 42.6 Å². The molecule has 1 aromatic carbocycles. The first-order valence-electron chi connectivity index (χ1n) is 14.7. The Labute approximate surface area is 251 Å². The van der Waals surface area contributed by atoms with E-state index in [9.17, 15) is 14.7 Å². The van der Waals surface area contributed by atoms with Gasteiger partial charge in [-0.05, 0) is 36.6 Å². The number of nitrogens with zero attached hydrogens (tertiary/aromatic N) is 5. The summed E-state index contributed by atoms with van der Waals surface area (Å²) >= 11 is 0. The second-order valence-corrected chi connectivity index (χ2v) is 12.4. The Morgan fingerprint density at radius 1 is 1.19 bits per heavy atom. The van der Waals surface area contributed by atoms with Gasteiger partial charge in [-0.15, -0.1) is 0 Å². The molecule has 12 heteroatoms. The number of aliphatic hydroxyl groups is 1. The first-order chi connectivity index (χ1) is 20.4. The molecule has 3 N–H and O–H groups in total. The minimum atomic E-state index is -0.743. The van der Waals surface area contributed by atoms with Crippen LogP contribution in [0.5, 0.6) is 5.75 Å². The lowest BCUT2D eigenvalue weighted by atomic mass is 9.95. The lowest BCUT2D eigenvalue weighted by molar-refractivity contribution is -0.132. The molecular formula is C31H41N7O5. The Morgan fingerprint density at radius 2 is 1.98 bits per heavy atom. The Hall–Kier alpha value is -4.03. The lowest BCUT2D eigenvalue weighted by Gasteiger charge is -2.39. The number of carbonyl (C=O) groups is 2. The number of ether oxygens (including phenoxy) is 1. The fourth-order valence-electron chi connectivity index (χ4n) is 5.12. The molecule has 12 nitrogen and oxygen atoms in total. The van der Waals surface area contributed by atoms with Crippen molar-refractivity contribution in [1.82, 2.24) is 30.1 Å². The van der Waals surface area contributed by atoms with E-state index in [0.717, 1.165) is 24.4 Å². The zero-order chi connectivity index (χ0) is 30.7. The number of amides is 2. The molecule has 230 valence electrons. The van der Waals surface area contributed by atoms with Crippen molar-refractivity contribution in [3.63, 3.8) is 0 Å². The number of rotatable bonds is 10. The molecule has 3 aromatic rings. The van der Waals surface area contributed by atoms with E-state index in [1.807, 2.05) is 33.8 Å². The highest BCUT2D eigenvalue weighted by atomic mass is 16.5. The maximum Gasteiger partial charge on any atom is 0.270 e. The van der Waals surface area contributed by atoms with E-state index in [-0.39, 0.29) is 35.5 Å². The Morgan fingerprint density at radius 3 is 2.67 bits per heavy atom. The first kappa shape index (κ1) is 30.4. The molecule has 2 aromatic heterocycles. The summed E-state index contributed by atoms with van der Waals surface area (Å²) in [4.78, 5) is 41.8. The van der Waals surface area contributed by atoms with Crippen molar-refractivity contribution in [2.24, 2.45) is 0 Å². The first-order valence-corrected chi connectivity index (χ1v) is 14.7. The van der Waals surface area contributed by atoms with E-state index in [1.54, 1.807) is 17.9 Å². The van der Waals surface area contributed by atoms with Crippen LogP contribution < -0.4 is 15.4 Å². The van der Waals surface area contributed by atoms with Gasteiger partial charge >= 0.3 is 0 Å².